The van der Waals surface area contributed by atoms with E-state index in [2.05, 4.69) is 15.6 Å². The van der Waals surface area contributed by atoms with Crippen molar-refractivity contribution in [3.8, 4) is 0 Å². The maximum atomic E-state index is 12.2. The van der Waals surface area contributed by atoms with Crippen LogP contribution in [0, 0.1) is 5.92 Å². The quantitative estimate of drug-likeness (QED) is 0.532. The predicted molar refractivity (Wildman–Crippen MR) is 105 cm³/mol. The fourth-order valence-electron chi connectivity index (χ4n) is 3.13. The molecule has 1 aromatic carbocycles. The van der Waals surface area contributed by atoms with Gasteiger partial charge in [0.2, 0.25) is 5.91 Å². The van der Waals surface area contributed by atoms with Gasteiger partial charge in [0.15, 0.2) is 5.96 Å². The third kappa shape index (κ3) is 7.92. The van der Waals surface area contributed by atoms with Crippen LogP contribution in [0.1, 0.15) is 31.4 Å². The molecule has 29 heavy (non-hydrogen) atoms. The van der Waals surface area contributed by atoms with E-state index in [4.69, 9.17) is 4.74 Å². The van der Waals surface area contributed by atoms with E-state index < -0.39 is 12.8 Å². The lowest BCUT2D eigenvalue weighted by atomic mass is 10.1. The van der Waals surface area contributed by atoms with Gasteiger partial charge < -0.3 is 20.3 Å². The third-order valence-corrected chi connectivity index (χ3v) is 4.54. The van der Waals surface area contributed by atoms with Crippen molar-refractivity contribution in [3.63, 3.8) is 0 Å². The van der Waals surface area contributed by atoms with Crippen LogP contribution in [-0.2, 0) is 22.7 Å². The molecule has 1 unspecified atom stereocenters. The van der Waals surface area contributed by atoms with E-state index in [1.165, 1.54) is 0 Å². The molecule has 1 aromatic rings. The van der Waals surface area contributed by atoms with Gasteiger partial charge in [-0.3, -0.25) is 9.79 Å². The number of amides is 1. The summed E-state index contributed by atoms with van der Waals surface area (Å²) in [6.45, 7) is 4.27. The van der Waals surface area contributed by atoms with E-state index in [1.807, 2.05) is 24.8 Å². The summed E-state index contributed by atoms with van der Waals surface area (Å²) in [4.78, 5) is 18.2. The van der Waals surface area contributed by atoms with E-state index in [0.717, 1.165) is 18.5 Å². The molecule has 1 saturated heterocycles. The van der Waals surface area contributed by atoms with Crippen LogP contribution in [-0.4, -0.2) is 55.7 Å². The largest absolute Gasteiger partial charge is 0.411 e. The molecule has 1 fully saturated rings. The number of guanidine groups is 1. The number of alkyl halides is 3. The van der Waals surface area contributed by atoms with E-state index in [9.17, 15) is 18.0 Å². The number of halogens is 3. The minimum absolute atomic E-state index is 0.0152. The number of hydrogen-bond acceptors (Lipinski definition) is 3. The van der Waals surface area contributed by atoms with E-state index >= 15 is 0 Å². The Balaban J connectivity index is 1.81. The van der Waals surface area contributed by atoms with E-state index in [0.29, 0.717) is 24.6 Å². The number of carbonyl (C=O) groups excluding carboxylic acids is 1. The number of ether oxygens (including phenoxy) is 1. The smallest absolute Gasteiger partial charge is 0.367 e. The molecule has 0 bridgehead atoms. The summed E-state index contributed by atoms with van der Waals surface area (Å²) in [7, 11) is 1.67. The Morgan fingerprint density at radius 1 is 1.34 bits per heavy atom. The second-order valence-electron chi connectivity index (χ2n) is 7.42. The van der Waals surface area contributed by atoms with Crippen molar-refractivity contribution < 1.29 is 22.7 Å². The molecule has 0 saturated carbocycles. The number of nitrogens with zero attached hydrogens (tertiary/aromatic N) is 2. The fraction of sp³-hybridized carbons (Fsp3) is 0.600. The zero-order valence-corrected chi connectivity index (χ0v) is 17.1. The number of rotatable bonds is 7. The molecule has 162 valence electrons. The van der Waals surface area contributed by atoms with Gasteiger partial charge in [0.05, 0.1) is 6.61 Å². The van der Waals surface area contributed by atoms with E-state index in [1.54, 1.807) is 25.2 Å². The normalized spacial score (nSPS) is 17.7. The maximum absolute atomic E-state index is 12.2. The van der Waals surface area contributed by atoms with Gasteiger partial charge in [-0.05, 0) is 17.5 Å². The highest BCUT2D eigenvalue weighted by molar-refractivity contribution is 5.81. The lowest BCUT2D eigenvalue weighted by molar-refractivity contribution is -0.176. The summed E-state index contributed by atoms with van der Waals surface area (Å²) in [6, 6.07) is 7.32. The molecule has 9 heteroatoms. The van der Waals surface area contributed by atoms with Gasteiger partial charge in [-0.25, -0.2) is 0 Å². The molecule has 1 amide bonds. The summed E-state index contributed by atoms with van der Waals surface area (Å²) < 4.78 is 41.3. The van der Waals surface area contributed by atoms with Gasteiger partial charge in [-0.15, -0.1) is 0 Å². The van der Waals surface area contributed by atoms with Gasteiger partial charge in [-0.1, -0.05) is 38.1 Å². The summed E-state index contributed by atoms with van der Waals surface area (Å²) in [5.74, 6) is 0.757. The highest BCUT2D eigenvalue weighted by atomic mass is 19.4. The molecule has 0 radical (unpaired) electrons. The Labute approximate surface area is 169 Å². The highest BCUT2D eigenvalue weighted by Crippen LogP contribution is 2.16. The number of carbonyl (C=O) groups is 1. The van der Waals surface area contributed by atoms with Crippen molar-refractivity contribution in [2.45, 2.75) is 45.6 Å². The lowest BCUT2D eigenvalue weighted by Crippen LogP contribution is -2.45. The summed E-state index contributed by atoms with van der Waals surface area (Å²) in [5.41, 5.74) is 1.58. The molecule has 1 aliphatic heterocycles. The number of benzene rings is 1. The standard InChI is InChI=1S/C20H29F3N4O2/c1-14(2)18(28)27-8-7-17(11-27)26-19(24-3)25-10-15-5-4-6-16(9-15)12-29-13-20(21,22)23/h4-6,9,14,17H,7-8,10-13H2,1-3H3,(H2,24,25,26). The first kappa shape index (κ1) is 23.0. The molecule has 1 aliphatic rings. The average Bonchev–Trinajstić information content (AvgIpc) is 3.12. The monoisotopic (exact) mass is 414 g/mol. The molecule has 1 heterocycles. The third-order valence-electron chi connectivity index (χ3n) is 4.54. The van der Waals surface area contributed by atoms with E-state index in [-0.39, 0.29) is 24.5 Å². The Kier molecular flexibility index (Phi) is 8.31. The first-order valence-corrected chi connectivity index (χ1v) is 9.66. The second-order valence-corrected chi connectivity index (χ2v) is 7.42. The maximum Gasteiger partial charge on any atom is 0.411 e. The summed E-state index contributed by atoms with van der Waals surface area (Å²) >= 11 is 0. The Morgan fingerprint density at radius 2 is 2.07 bits per heavy atom. The molecule has 6 nitrogen and oxygen atoms in total. The molecule has 1 atom stereocenters. The fourth-order valence-corrected chi connectivity index (χ4v) is 3.13. The molecule has 0 spiro atoms. The lowest BCUT2D eigenvalue weighted by Gasteiger charge is -2.20. The average molecular weight is 414 g/mol. The number of aliphatic imine (C=N–C) groups is 1. The van der Waals surface area contributed by atoms with Crippen LogP contribution in [0.3, 0.4) is 0 Å². The van der Waals surface area contributed by atoms with Gasteiger partial charge in [0.1, 0.15) is 6.61 Å². The molecule has 2 rings (SSSR count). The van der Waals surface area contributed by atoms with Gasteiger partial charge >= 0.3 is 6.18 Å². The predicted octanol–water partition coefficient (Wildman–Crippen LogP) is 2.69. The van der Waals surface area contributed by atoms with Crippen LogP contribution in [0.15, 0.2) is 29.3 Å². The van der Waals surface area contributed by atoms with Crippen molar-refractivity contribution in [1.29, 1.82) is 0 Å². The zero-order valence-electron chi connectivity index (χ0n) is 17.1. The molecular weight excluding hydrogens is 385 g/mol. The van der Waals surface area contributed by atoms with Crippen molar-refractivity contribution in [2.24, 2.45) is 10.9 Å². The van der Waals surface area contributed by atoms with Gasteiger partial charge in [-0.2, -0.15) is 13.2 Å². The van der Waals surface area contributed by atoms with Crippen molar-refractivity contribution in [1.82, 2.24) is 15.5 Å². The van der Waals surface area contributed by atoms with Gasteiger partial charge in [0, 0.05) is 38.6 Å². The van der Waals surface area contributed by atoms with Crippen LogP contribution in [0.4, 0.5) is 13.2 Å². The Morgan fingerprint density at radius 3 is 2.72 bits per heavy atom. The summed E-state index contributed by atoms with van der Waals surface area (Å²) in [5, 5.41) is 6.52. The second kappa shape index (κ2) is 10.5. The molecule has 2 N–H and O–H groups in total. The number of hydrogen-bond donors (Lipinski definition) is 2. The SMILES string of the molecule is CN=C(NCc1cccc(COCC(F)(F)F)c1)NC1CCN(C(=O)C(C)C)C1. The van der Waals surface area contributed by atoms with Crippen LogP contribution in [0.2, 0.25) is 0 Å². The Hall–Kier alpha value is -2.29. The van der Waals surface area contributed by atoms with Gasteiger partial charge in [0.25, 0.3) is 0 Å². The van der Waals surface area contributed by atoms with Crippen molar-refractivity contribution >= 4 is 11.9 Å². The minimum Gasteiger partial charge on any atom is -0.367 e. The Bertz CT molecular complexity index is 707. The van der Waals surface area contributed by atoms with Crippen molar-refractivity contribution in [3.05, 3.63) is 35.4 Å². The van der Waals surface area contributed by atoms with Crippen LogP contribution in [0.25, 0.3) is 0 Å². The summed E-state index contributed by atoms with van der Waals surface area (Å²) in [6.07, 6.45) is -3.47. The zero-order chi connectivity index (χ0) is 21.4. The van der Waals surface area contributed by atoms with Crippen LogP contribution in [0.5, 0.6) is 0 Å². The highest BCUT2D eigenvalue weighted by Gasteiger charge is 2.28. The first-order chi connectivity index (χ1) is 13.7. The minimum atomic E-state index is -4.33. The number of likely N-dealkylation sites (tertiary alicyclic amines) is 1. The number of nitrogens with one attached hydrogen (secondary N) is 2. The van der Waals surface area contributed by atoms with Crippen LogP contribution >= 0.6 is 0 Å². The van der Waals surface area contributed by atoms with Crippen LogP contribution < -0.4 is 10.6 Å². The first-order valence-electron chi connectivity index (χ1n) is 9.66. The molecule has 0 aliphatic carbocycles. The molecular formula is C20H29F3N4O2. The molecule has 0 aromatic heterocycles. The van der Waals surface area contributed by atoms with Crippen molar-refractivity contribution in [2.75, 3.05) is 26.7 Å². The topological polar surface area (TPSA) is 66.0 Å².